The molecule has 1 aliphatic heterocycles. The van der Waals surface area contributed by atoms with E-state index in [4.69, 9.17) is 10.5 Å². The van der Waals surface area contributed by atoms with E-state index in [-0.39, 0.29) is 17.8 Å². The van der Waals surface area contributed by atoms with Crippen LogP contribution in [-0.4, -0.2) is 24.7 Å². The molecule has 2 aromatic rings. The first-order valence-electron chi connectivity index (χ1n) is 7.78. The van der Waals surface area contributed by atoms with Gasteiger partial charge >= 0.3 is 0 Å². The van der Waals surface area contributed by atoms with Gasteiger partial charge in [0.05, 0.1) is 6.10 Å². The molecule has 0 unspecified atom stereocenters. The molecule has 24 heavy (non-hydrogen) atoms. The van der Waals surface area contributed by atoms with E-state index in [1.807, 2.05) is 0 Å². The second kappa shape index (κ2) is 7.07. The molecule has 6 heteroatoms. The number of carbonyl (C=O) groups is 1. The SMILES string of the molecule is NC[C@H]1CC[C@@H](C(=O)Nc2ccc(F)cc2-c2ccc(F)cc2)O1. The van der Waals surface area contributed by atoms with Crippen molar-refractivity contribution in [3.05, 3.63) is 54.1 Å². The third kappa shape index (κ3) is 3.60. The summed E-state index contributed by atoms with van der Waals surface area (Å²) < 4.78 is 32.3. The van der Waals surface area contributed by atoms with Gasteiger partial charge in [0.1, 0.15) is 17.7 Å². The van der Waals surface area contributed by atoms with Gasteiger partial charge in [0, 0.05) is 17.8 Å². The summed E-state index contributed by atoms with van der Waals surface area (Å²) in [5.41, 5.74) is 7.09. The van der Waals surface area contributed by atoms with Crippen LogP contribution in [0, 0.1) is 11.6 Å². The Morgan fingerprint density at radius 2 is 1.83 bits per heavy atom. The molecule has 1 saturated heterocycles. The molecule has 0 aliphatic carbocycles. The Morgan fingerprint density at radius 1 is 1.12 bits per heavy atom. The summed E-state index contributed by atoms with van der Waals surface area (Å²) in [5, 5.41) is 2.77. The van der Waals surface area contributed by atoms with Gasteiger partial charge in [-0.3, -0.25) is 4.79 Å². The number of nitrogens with two attached hydrogens (primary N) is 1. The Labute approximate surface area is 138 Å². The first-order valence-corrected chi connectivity index (χ1v) is 7.78. The molecule has 1 amide bonds. The number of nitrogens with one attached hydrogen (secondary N) is 1. The molecule has 3 N–H and O–H groups in total. The van der Waals surface area contributed by atoms with E-state index in [0.717, 1.165) is 6.42 Å². The molecular weight excluding hydrogens is 314 g/mol. The molecule has 2 aromatic carbocycles. The lowest BCUT2D eigenvalue weighted by molar-refractivity contribution is -0.126. The highest BCUT2D eigenvalue weighted by molar-refractivity contribution is 5.98. The van der Waals surface area contributed by atoms with Gasteiger partial charge in [-0.1, -0.05) is 12.1 Å². The zero-order valence-corrected chi connectivity index (χ0v) is 13.0. The van der Waals surface area contributed by atoms with Crippen LogP contribution in [0.3, 0.4) is 0 Å². The van der Waals surface area contributed by atoms with Crippen molar-refractivity contribution in [2.75, 3.05) is 11.9 Å². The number of rotatable bonds is 4. The van der Waals surface area contributed by atoms with Crippen molar-refractivity contribution in [1.82, 2.24) is 0 Å². The Bertz CT molecular complexity index is 734. The molecule has 3 rings (SSSR count). The van der Waals surface area contributed by atoms with Gasteiger partial charge < -0.3 is 15.8 Å². The van der Waals surface area contributed by atoms with Crippen LogP contribution in [0.25, 0.3) is 11.1 Å². The summed E-state index contributed by atoms with van der Waals surface area (Å²) in [6.07, 6.45) is 0.666. The lowest BCUT2D eigenvalue weighted by Gasteiger charge is -2.15. The molecule has 4 nitrogen and oxygen atoms in total. The van der Waals surface area contributed by atoms with E-state index < -0.39 is 11.9 Å². The number of amides is 1. The molecule has 0 saturated carbocycles. The van der Waals surface area contributed by atoms with Crippen molar-refractivity contribution in [1.29, 1.82) is 0 Å². The quantitative estimate of drug-likeness (QED) is 0.904. The fourth-order valence-corrected chi connectivity index (χ4v) is 2.78. The number of hydrogen-bond donors (Lipinski definition) is 2. The lowest BCUT2D eigenvalue weighted by Crippen LogP contribution is -2.30. The molecule has 1 fully saturated rings. The minimum absolute atomic E-state index is 0.106. The molecular formula is C18H18F2N2O2. The second-order valence-corrected chi connectivity index (χ2v) is 5.75. The summed E-state index contributed by atoms with van der Waals surface area (Å²) in [5.74, 6) is -1.11. The Hall–Kier alpha value is -2.31. The van der Waals surface area contributed by atoms with Crippen molar-refractivity contribution >= 4 is 11.6 Å². The van der Waals surface area contributed by atoms with Crippen molar-refractivity contribution in [3.63, 3.8) is 0 Å². The smallest absolute Gasteiger partial charge is 0.253 e. The number of carbonyl (C=O) groups excluding carboxylic acids is 1. The number of halogens is 2. The molecule has 126 valence electrons. The van der Waals surface area contributed by atoms with Crippen molar-refractivity contribution in [2.24, 2.45) is 5.73 Å². The molecule has 0 bridgehead atoms. The van der Waals surface area contributed by atoms with Gasteiger partial charge in [-0.25, -0.2) is 8.78 Å². The van der Waals surface area contributed by atoms with Crippen molar-refractivity contribution in [3.8, 4) is 11.1 Å². The monoisotopic (exact) mass is 332 g/mol. The first kappa shape index (κ1) is 16.5. The van der Waals surface area contributed by atoms with Crippen LogP contribution in [0.4, 0.5) is 14.5 Å². The molecule has 0 spiro atoms. The van der Waals surface area contributed by atoms with Gasteiger partial charge in [-0.2, -0.15) is 0 Å². The van der Waals surface area contributed by atoms with E-state index in [1.165, 1.54) is 42.5 Å². The third-order valence-corrected chi connectivity index (χ3v) is 4.06. The minimum Gasteiger partial charge on any atom is -0.364 e. The zero-order valence-electron chi connectivity index (χ0n) is 13.0. The maximum atomic E-state index is 13.6. The van der Waals surface area contributed by atoms with E-state index in [1.54, 1.807) is 0 Å². The Morgan fingerprint density at radius 3 is 2.50 bits per heavy atom. The van der Waals surface area contributed by atoms with Crippen molar-refractivity contribution < 1.29 is 18.3 Å². The molecule has 0 radical (unpaired) electrons. The maximum Gasteiger partial charge on any atom is 0.253 e. The van der Waals surface area contributed by atoms with E-state index in [2.05, 4.69) is 5.32 Å². The van der Waals surface area contributed by atoms with Gasteiger partial charge in [-0.15, -0.1) is 0 Å². The first-order chi connectivity index (χ1) is 11.6. The van der Waals surface area contributed by atoms with Crippen LogP contribution in [0.15, 0.2) is 42.5 Å². The number of benzene rings is 2. The van der Waals surface area contributed by atoms with Crippen LogP contribution in [0.2, 0.25) is 0 Å². The van der Waals surface area contributed by atoms with E-state index >= 15 is 0 Å². The predicted octanol–water partition coefficient (Wildman–Crippen LogP) is 3.08. The molecule has 0 aromatic heterocycles. The van der Waals surface area contributed by atoms with Crippen LogP contribution < -0.4 is 11.1 Å². The normalized spacial score (nSPS) is 20.1. The average molecular weight is 332 g/mol. The number of hydrogen-bond acceptors (Lipinski definition) is 3. The highest BCUT2D eigenvalue weighted by atomic mass is 19.1. The van der Waals surface area contributed by atoms with Crippen molar-refractivity contribution in [2.45, 2.75) is 25.0 Å². The number of anilines is 1. The van der Waals surface area contributed by atoms with E-state index in [9.17, 15) is 13.6 Å². The fourth-order valence-electron chi connectivity index (χ4n) is 2.78. The van der Waals surface area contributed by atoms with Crippen LogP contribution in [-0.2, 0) is 9.53 Å². The van der Waals surface area contributed by atoms with Crippen LogP contribution in [0.5, 0.6) is 0 Å². The highest BCUT2D eigenvalue weighted by Crippen LogP contribution is 2.30. The molecule has 1 aliphatic rings. The standard InChI is InChI=1S/C18H18F2N2O2/c19-12-3-1-11(2-4-12)15-9-13(20)5-7-16(15)22-18(23)17-8-6-14(10-21)24-17/h1-5,7,9,14,17H,6,8,10,21H2,(H,22,23)/t14-,17+/m1/s1. The third-order valence-electron chi connectivity index (χ3n) is 4.06. The molecule has 1 heterocycles. The minimum atomic E-state index is -0.565. The van der Waals surface area contributed by atoms with Gasteiger partial charge in [0.25, 0.3) is 5.91 Å². The Kier molecular flexibility index (Phi) is 4.87. The summed E-state index contributed by atoms with van der Waals surface area (Å²) >= 11 is 0. The second-order valence-electron chi connectivity index (χ2n) is 5.75. The fraction of sp³-hybridized carbons (Fsp3) is 0.278. The average Bonchev–Trinajstić information content (AvgIpc) is 3.06. The maximum absolute atomic E-state index is 13.6. The topological polar surface area (TPSA) is 64.4 Å². The van der Waals surface area contributed by atoms with E-state index in [0.29, 0.717) is 29.8 Å². The predicted molar refractivity (Wildman–Crippen MR) is 87.4 cm³/mol. The van der Waals surface area contributed by atoms with Gasteiger partial charge in [0.15, 0.2) is 0 Å². The van der Waals surface area contributed by atoms with Gasteiger partial charge in [0.2, 0.25) is 0 Å². The lowest BCUT2D eigenvalue weighted by atomic mass is 10.0. The molecule has 2 atom stereocenters. The summed E-state index contributed by atoms with van der Waals surface area (Å²) in [7, 11) is 0. The summed E-state index contributed by atoms with van der Waals surface area (Å²) in [4.78, 5) is 12.4. The van der Waals surface area contributed by atoms with Crippen LogP contribution >= 0.6 is 0 Å². The van der Waals surface area contributed by atoms with Crippen LogP contribution in [0.1, 0.15) is 12.8 Å². The summed E-state index contributed by atoms with van der Waals surface area (Å²) in [6, 6.07) is 9.71. The Balaban J connectivity index is 1.83. The van der Waals surface area contributed by atoms with Gasteiger partial charge in [-0.05, 0) is 48.7 Å². The zero-order chi connectivity index (χ0) is 17.1. The highest BCUT2D eigenvalue weighted by Gasteiger charge is 2.30. The number of ether oxygens (including phenoxy) is 1. The summed E-state index contributed by atoms with van der Waals surface area (Å²) in [6.45, 7) is 0.376. The largest absolute Gasteiger partial charge is 0.364 e.